The predicted molar refractivity (Wildman–Crippen MR) is 42.3 cm³/mol. The molecule has 0 aromatic rings. The average Bonchev–Trinajstić information content (AvgIpc) is 2.04. The fraction of sp³-hybridized carbons (Fsp3) is 0.500. The van der Waals surface area contributed by atoms with Gasteiger partial charge in [0.25, 0.3) is 0 Å². The Labute approximate surface area is 70.0 Å². The van der Waals surface area contributed by atoms with E-state index in [0.717, 1.165) is 12.8 Å². The van der Waals surface area contributed by atoms with Crippen LogP contribution in [0.2, 0.25) is 0 Å². The predicted octanol–water partition coefficient (Wildman–Crippen LogP) is 0.161. The molecular formula is C8H10N2O2. The summed E-state index contributed by atoms with van der Waals surface area (Å²) < 4.78 is 0. The molecule has 0 saturated carbocycles. The normalized spacial score (nSPS) is 33.7. The van der Waals surface area contributed by atoms with Gasteiger partial charge in [-0.15, -0.1) is 0 Å². The molecule has 2 rings (SSSR count). The summed E-state index contributed by atoms with van der Waals surface area (Å²) in [6, 6.07) is -0.354. The fourth-order valence-electron chi connectivity index (χ4n) is 1.67. The fourth-order valence-corrected chi connectivity index (χ4v) is 1.67. The van der Waals surface area contributed by atoms with Crippen molar-refractivity contribution in [1.29, 1.82) is 0 Å². The van der Waals surface area contributed by atoms with Crippen LogP contribution in [0.15, 0.2) is 12.2 Å². The van der Waals surface area contributed by atoms with Crippen LogP contribution in [0.25, 0.3) is 0 Å². The molecule has 0 aromatic heterocycles. The van der Waals surface area contributed by atoms with Crippen LogP contribution in [0, 0.1) is 5.92 Å². The van der Waals surface area contributed by atoms with Gasteiger partial charge in [0.1, 0.15) is 0 Å². The molecule has 3 amide bonds. The van der Waals surface area contributed by atoms with Gasteiger partial charge in [-0.2, -0.15) is 0 Å². The molecular weight excluding hydrogens is 156 g/mol. The standard InChI is InChI=1S/C8H10N2O2/c11-7-5-3-1-2-4-6(5)9-8(12)10-7/h1-2,5-6H,3-4H2,(H2,9,10,11,12)/t5-,6+/m0/s1. The van der Waals surface area contributed by atoms with Gasteiger partial charge in [0.05, 0.1) is 5.92 Å². The molecule has 2 N–H and O–H groups in total. The number of imide groups is 1. The van der Waals surface area contributed by atoms with E-state index in [4.69, 9.17) is 0 Å². The van der Waals surface area contributed by atoms with Gasteiger partial charge in [-0.25, -0.2) is 4.79 Å². The van der Waals surface area contributed by atoms with Crippen molar-refractivity contribution in [3.05, 3.63) is 12.2 Å². The maximum atomic E-state index is 11.2. The maximum absolute atomic E-state index is 11.2. The Balaban J connectivity index is 2.18. The van der Waals surface area contributed by atoms with E-state index in [0.29, 0.717) is 0 Å². The van der Waals surface area contributed by atoms with Crippen molar-refractivity contribution in [1.82, 2.24) is 10.6 Å². The smallest absolute Gasteiger partial charge is 0.321 e. The van der Waals surface area contributed by atoms with E-state index in [1.54, 1.807) is 0 Å². The minimum Gasteiger partial charge on any atom is -0.334 e. The lowest BCUT2D eigenvalue weighted by Gasteiger charge is -2.32. The third-order valence-electron chi connectivity index (χ3n) is 2.32. The van der Waals surface area contributed by atoms with Crippen molar-refractivity contribution in [2.75, 3.05) is 0 Å². The summed E-state index contributed by atoms with van der Waals surface area (Å²) in [7, 11) is 0. The number of hydrogen-bond acceptors (Lipinski definition) is 2. The van der Waals surface area contributed by atoms with Crippen molar-refractivity contribution in [2.24, 2.45) is 5.92 Å². The molecule has 0 aromatic carbocycles. The third-order valence-corrected chi connectivity index (χ3v) is 2.32. The van der Waals surface area contributed by atoms with E-state index in [9.17, 15) is 9.59 Å². The molecule has 2 aliphatic rings. The zero-order valence-electron chi connectivity index (χ0n) is 6.54. The molecule has 0 spiro atoms. The highest BCUT2D eigenvalue weighted by Gasteiger charge is 2.34. The summed E-state index contributed by atoms with van der Waals surface area (Å²) in [5.41, 5.74) is 0. The highest BCUT2D eigenvalue weighted by molar-refractivity contribution is 5.98. The molecule has 1 aliphatic heterocycles. The van der Waals surface area contributed by atoms with Crippen LogP contribution in [0.4, 0.5) is 4.79 Å². The molecule has 1 fully saturated rings. The lowest BCUT2D eigenvalue weighted by atomic mass is 9.87. The molecule has 0 radical (unpaired) electrons. The molecule has 2 atom stereocenters. The molecule has 1 aliphatic carbocycles. The Hall–Kier alpha value is -1.32. The summed E-state index contributed by atoms with van der Waals surface area (Å²) in [6.45, 7) is 0. The van der Waals surface area contributed by atoms with Crippen molar-refractivity contribution in [2.45, 2.75) is 18.9 Å². The Morgan fingerprint density at radius 3 is 2.83 bits per heavy atom. The first kappa shape index (κ1) is 7.34. The van der Waals surface area contributed by atoms with Gasteiger partial charge in [0.15, 0.2) is 0 Å². The largest absolute Gasteiger partial charge is 0.334 e. The number of urea groups is 1. The number of allylic oxidation sites excluding steroid dienone is 1. The SMILES string of the molecule is O=C1NC(=O)[C@H]2CC=CC[C@H]2N1. The van der Waals surface area contributed by atoms with E-state index in [1.165, 1.54) is 0 Å². The molecule has 1 heterocycles. The summed E-state index contributed by atoms with van der Waals surface area (Å²) in [5.74, 6) is -0.208. The van der Waals surface area contributed by atoms with Crippen LogP contribution in [0.5, 0.6) is 0 Å². The number of carbonyl (C=O) groups excluding carboxylic acids is 2. The van der Waals surface area contributed by atoms with E-state index in [1.807, 2.05) is 12.2 Å². The van der Waals surface area contributed by atoms with Crippen molar-refractivity contribution < 1.29 is 9.59 Å². The lowest BCUT2D eigenvalue weighted by molar-refractivity contribution is -0.125. The van der Waals surface area contributed by atoms with E-state index in [2.05, 4.69) is 10.6 Å². The summed E-state index contributed by atoms with van der Waals surface area (Å²) >= 11 is 0. The monoisotopic (exact) mass is 166 g/mol. The number of carbonyl (C=O) groups is 2. The second-order valence-corrected chi connectivity index (χ2v) is 3.12. The van der Waals surface area contributed by atoms with Gasteiger partial charge < -0.3 is 5.32 Å². The van der Waals surface area contributed by atoms with Crippen molar-refractivity contribution in [3.63, 3.8) is 0 Å². The van der Waals surface area contributed by atoms with E-state index >= 15 is 0 Å². The first-order chi connectivity index (χ1) is 5.77. The molecule has 64 valence electrons. The zero-order chi connectivity index (χ0) is 8.55. The first-order valence-electron chi connectivity index (χ1n) is 4.04. The summed E-state index contributed by atoms with van der Waals surface area (Å²) in [6.07, 6.45) is 5.48. The topological polar surface area (TPSA) is 58.2 Å². The van der Waals surface area contributed by atoms with Gasteiger partial charge >= 0.3 is 6.03 Å². The maximum Gasteiger partial charge on any atom is 0.321 e. The Kier molecular flexibility index (Phi) is 1.60. The minimum atomic E-state index is -0.364. The lowest BCUT2D eigenvalue weighted by Crippen LogP contribution is -2.58. The number of rotatable bonds is 0. The van der Waals surface area contributed by atoms with Crippen LogP contribution < -0.4 is 10.6 Å². The molecule has 12 heavy (non-hydrogen) atoms. The second kappa shape index (κ2) is 2.62. The number of nitrogens with one attached hydrogen (secondary N) is 2. The summed E-state index contributed by atoms with van der Waals surface area (Å²) in [4.78, 5) is 22.1. The third kappa shape index (κ3) is 1.09. The van der Waals surface area contributed by atoms with E-state index < -0.39 is 0 Å². The number of hydrogen-bond donors (Lipinski definition) is 2. The average molecular weight is 166 g/mol. The minimum absolute atomic E-state index is 0.0104. The van der Waals surface area contributed by atoms with Crippen LogP contribution in [-0.2, 0) is 4.79 Å². The van der Waals surface area contributed by atoms with Gasteiger partial charge in [-0.05, 0) is 12.8 Å². The highest BCUT2D eigenvalue weighted by Crippen LogP contribution is 2.21. The van der Waals surface area contributed by atoms with Gasteiger partial charge in [0, 0.05) is 6.04 Å². The van der Waals surface area contributed by atoms with Crippen LogP contribution in [0.1, 0.15) is 12.8 Å². The first-order valence-corrected chi connectivity index (χ1v) is 4.04. The molecule has 4 nitrogen and oxygen atoms in total. The Morgan fingerprint density at radius 1 is 1.25 bits per heavy atom. The Morgan fingerprint density at radius 2 is 2.00 bits per heavy atom. The van der Waals surface area contributed by atoms with Crippen LogP contribution in [0.3, 0.4) is 0 Å². The van der Waals surface area contributed by atoms with Gasteiger partial charge in [-0.1, -0.05) is 12.2 Å². The van der Waals surface area contributed by atoms with Crippen LogP contribution in [-0.4, -0.2) is 18.0 Å². The van der Waals surface area contributed by atoms with Crippen molar-refractivity contribution >= 4 is 11.9 Å². The van der Waals surface area contributed by atoms with Gasteiger partial charge in [-0.3, -0.25) is 10.1 Å². The quantitative estimate of drug-likeness (QED) is 0.504. The molecule has 0 unspecified atom stereocenters. The number of amides is 3. The molecule has 0 bridgehead atoms. The second-order valence-electron chi connectivity index (χ2n) is 3.12. The van der Waals surface area contributed by atoms with E-state index in [-0.39, 0.29) is 23.9 Å². The zero-order valence-corrected chi connectivity index (χ0v) is 6.54. The summed E-state index contributed by atoms with van der Waals surface area (Å²) in [5, 5.41) is 4.98. The molecule has 4 heteroatoms. The van der Waals surface area contributed by atoms with Crippen LogP contribution >= 0.6 is 0 Å². The number of fused-ring (bicyclic) bond motifs is 1. The van der Waals surface area contributed by atoms with Crippen molar-refractivity contribution in [3.8, 4) is 0 Å². The Bertz CT molecular complexity index is 260. The highest BCUT2D eigenvalue weighted by atomic mass is 16.2. The molecule has 1 saturated heterocycles. The van der Waals surface area contributed by atoms with Gasteiger partial charge in [0.2, 0.25) is 5.91 Å².